The predicted octanol–water partition coefficient (Wildman–Crippen LogP) is 0.831. The summed E-state index contributed by atoms with van der Waals surface area (Å²) in [5.74, 6) is 1.00. The van der Waals surface area contributed by atoms with Gasteiger partial charge in [-0.05, 0) is 56.1 Å². The van der Waals surface area contributed by atoms with Crippen molar-refractivity contribution in [2.24, 2.45) is 0 Å². The minimum Gasteiger partial charge on any atom is -0.316 e. The summed E-state index contributed by atoms with van der Waals surface area (Å²) in [5, 5.41) is 0.466. The zero-order chi connectivity index (χ0) is 19.2. The lowest BCUT2D eigenvalue weighted by molar-refractivity contribution is 0.437. The van der Waals surface area contributed by atoms with E-state index in [9.17, 15) is 9.59 Å². The van der Waals surface area contributed by atoms with Crippen molar-refractivity contribution in [2.45, 2.75) is 4.21 Å². The van der Waals surface area contributed by atoms with Crippen LogP contribution >= 0.6 is 23.1 Å². The summed E-state index contributed by atoms with van der Waals surface area (Å²) >= 11 is 3.38. The first-order valence-corrected chi connectivity index (χ1v) is 10.1. The number of nitrogens with zero attached hydrogens (tertiary/aromatic N) is 2. The molecule has 0 atom stereocenters. The Morgan fingerprint density at radius 2 is 1.70 bits per heavy atom. The third kappa shape index (κ3) is 5.53. The maximum absolute atomic E-state index is 12.3. The molecule has 3 heterocycles. The maximum Gasteiger partial charge on any atom is 0.272 e. The van der Waals surface area contributed by atoms with Crippen LogP contribution in [0.25, 0.3) is 12.2 Å². The molecule has 0 aliphatic heterocycles. The lowest BCUT2D eigenvalue weighted by atomic mass is 10.2. The van der Waals surface area contributed by atoms with E-state index >= 15 is 0 Å². The number of aromatic amines is 2. The standard InChI is InChI=1S/C19H20N4O2S2/c1-23(2)9-10-26-17-4-3-14(27-17)12-16-19(25)21-15(18(24)22-16)11-13-5-7-20-8-6-13/h3-8,11-12H,9-10H2,1-2H3,(H,21,25)(H,22,24). The highest BCUT2D eigenvalue weighted by Gasteiger charge is 2.01. The van der Waals surface area contributed by atoms with Gasteiger partial charge in [-0.15, -0.1) is 23.1 Å². The SMILES string of the molecule is CN(C)CCSc1ccc(C=c2[nH]c(=O)c(=Cc3ccncc3)[nH]c2=O)s1. The van der Waals surface area contributed by atoms with E-state index in [1.54, 1.807) is 59.8 Å². The average Bonchev–Trinajstić information content (AvgIpc) is 3.07. The second-order valence-corrected chi connectivity index (χ2v) is 8.62. The van der Waals surface area contributed by atoms with Gasteiger partial charge < -0.3 is 14.9 Å². The smallest absolute Gasteiger partial charge is 0.272 e. The number of hydrogen-bond donors (Lipinski definition) is 2. The lowest BCUT2D eigenvalue weighted by Crippen LogP contribution is -2.46. The summed E-state index contributed by atoms with van der Waals surface area (Å²) in [7, 11) is 4.10. The highest BCUT2D eigenvalue weighted by atomic mass is 32.2. The first-order chi connectivity index (χ1) is 13.0. The molecule has 3 rings (SSSR count). The molecule has 3 aromatic rings. The van der Waals surface area contributed by atoms with Crippen LogP contribution in [0, 0.1) is 0 Å². The Morgan fingerprint density at radius 1 is 1.04 bits per heavy atom. The zero-order valence-electron chi connectivity index (χ0n) is 15.1. The summed E-state index contributed by atoms with van der Waals surface area (Å²) in [6, 6.07) is 7.52. The van der Waals surface area contributed by atoms with Crippen LogP contribution in [0.2, 0.25) is 0 Å². The van der Waals surface area contributed by atoms with Crippen LogP contribution < -0.4 is 21.8 Å². The normalized spacial score (nSPS) is 12.9. The van der Waals surface area contributed by atoms with Crippen molar-refractivity contribution >= 4 is 35.3 Å². The van der Waals surface area contributed by atoms with Gasteiger partial charge in [-0.2, -0.15) is 0 Å². The number of pyridine rings is 1. The number of aromatic nitrogens is 3. The van der Waals surface area contributed by atoms with Crippen LogP contribution in [-0.2, 0) is 0 Å². The molecule has 3 aromatic heterocycles. The number of rotatable bonds is 6. The van der Waals surface area contributed by atoms with E-state index in [1.165, 1.54) is 4.21 Å². The van der Waals surface area contributed by atoms with Gasteiger partial charge in [0, 0.05) is 29.6 Å². The fraction of sp³-hybridized carbons (Fsp3) is 0.211. The van der Waals surface area contributed by atoms with E-state index in [-0.39, 0.29) is 21.8 Å². The van der Waals surface area contributed by atoms with Crippen molar-refractivity contribution < 1.29 is 0 Å². The summed E-state index contributed by atoms with van der Waals surface area (Å²) in [5.41, 5.74) is 0.125. The molecule has 0 spiro atoms. The number of H-pyrrole nitrogens is 2. The van der Waals surface area contributed by atoms with Crippen LogP contribution in [-0.4, -0.2) is 46.2 Å². The van der Waals surface area contributed by atoms with Gasteiger partial charge in [0.15, 0.2) is 0 Å². The van der Waals surface area contributed by atoms with Gasteiger partial charge in [0.25, 0.3) is 11.1 Å². The Kier molecular flexibility index (Phi) is 6.44. The Morgan fingerprint density at radius 3 is 2.37 bits per heavy atom. The van der Waals surface area contributed by atoms with Crippen LogP contribution in [0.5, 0.6) is 0 Å². The molecular weight excluding hydrogens is 380 g/mol. The second-order valence-electron chi connectivity index (χ2n) is 6.11. The molecule has 27 heavy (non-hydrogen) atoms. The fourth-order valence-electron chi connectivity index (χ4n) is 2.28. The number of nitrogens with one attached hydrogen (secondary N) is 2. The predicted molar refractivity (Wildman–Crippen MR) is 112 cm³/mol. The minimum absolute atomic E-state index is 0.217. The average molecular weight is 401 g/mol. The van der Waals surface area contributed by atoms with E-state index in [2.05, 4.69) is 19.9 Å². The number of thioether (sulfide) groups is 1. The van der Waals surface area contributed by atoms with Crippen LogP contribution in [0.1, 0.15) is 10.4 Å². The molecule has 8 heteroatoms. The number of hydrogen-bond acceptors (Lipinski definition) is 6. The monoisotopic (exact) mass is 400 g/mol. The largest absolute Gasteiger partial charge is 0.316 e. The van der Waals surface area contributed by atoms with Gasteiger partial charge in [-0.25, -0.2) is 0 Å². The Hall–Kier alpha value is -2.42. The van der Waals surface area contributed by atoms with Gasteiger partial charge in [0.2, 0.25) is 0 Å². The molecule has 0 fully saturated rings. The zero-order valence-corrected chi connectivity index (χ0v) is 16.7. The Bertz CT molecular complexity index is 1130. The third-order valence-corrected chi connectivity index (χ3v) is 5.91. The van der Waals surface area contributed by atoms with Crippen LogP contribution in [0.3, 0.4) is 0 Å². The quantitative estimate of drug-likeness (QED) is 0.599. The van der Waals surface area contributed by atoms with Gasteiger partial charge in [0.05, 0.1) is 4.21 Å². The topological polar surface area (TPSA) is 81.8 Å². The van der Waals surface area contributed by atoms with E-state index in [0.29, 0.717) is 0 Å². The van der Waals surface area contributed by atoms with Gasteiger partial charge in [0.1, 0.15) is 10.7 Å². The molecule has 0 unspecified atom stereocenters. The molecule has 6 nitrogen and oxygen atoms in total. The van der Waals surface area contributed by atoms with Crippen LogP contribution in [0.4, 0.5) is 0 Å². The van der Waals surface area contributed by atoms with E-state index in [4.69, 9.17) is 0 Å². The van der Waals surface area contributed by atoms with Crippen molar-refractivity contribution in [3.05, 3.63) is 78.5 Å². The van der Waals surface area contributed by atoms with Crippen LogP contribution in [0.15, 0.2) is 50.5 Å². The lowest BCUT2D eigenvalue weighted by Gasteiger charge is -2.07. The highest BCUT2D eigenvalue weighted by molar-refractivity contribution is 8.01. The van der Waals surface area contributed by atoms with Crippen molar-refractivity contribution in [1.29, 1.82) is 0 Å². The highest BCUT2D eigenvalue weighted by Crippen LogP contribution is 2.27. The summed E-state index contributed by atoms with van der Waals surface area (Å²) in [6.45, 7) is 1.00. The van der Waals surface area contributed by atoms with Crippen molar-refractivity contribution in [3.63, 3.8) is 0 Å². The van der Waals surface area contributed by atoms with E-state index in [1.807, 2.05) is 26.2 Å². The maximum atomic E-state index is 12.3. The van der Waals surface area contributed by atoms with E-state index in [0.717, 1.165) is 22.7 Å². The first kappa shape index (κ1) is 19.3. The summed E-state index contributed by atoms with van der Waals surface area (Å²) in [6.07, 6.45) is 6.59. The molecule has 0 saturated carbocycles. The molecule has 0 aromatic carbocycles. The second kappa shape index (κ2) is 8.98. The minimum atomic E-state index is -0.338. The van der Waals surface area contributed by atoms with Gasteiger partial charge in [-0.3, -0.25) is 14.6 Å². The molecule has 0 radical (unpaired) electrons. The summed E-state index contributed by atoms with van der Waals surface area (Å²) < 4.78 is 1.18. The molecule has 0 aliphatic rings. The molecule has 2 N–H and O–H groups in total. The summed E-state index contributed by atoms with van der Waals surface area (Å²) in [4.78, 5) is 37.0. The van der Waals surface area contributed by atoms with Crippen molar-refractivity contribution in [2.75, 3.05) is 26.4 Å². The fourth-order valence-corrected chi connectivity index (χ4v) is 4.56. The molecule has 0 bridgehead atoms. The molecular formula is C19H20N4O2S2. The molecule has 140 valence electrons. The molecule has 0 saturated heterocycles. The van der Waals surface area contributed by atoms with E-state index < -0.39 is 0 Å². The van der Waals surface area contributed by atoms with Gasteiger partial charge >= 0.3 is 0 Å². The first-order valence-electron chi connectivity index (χ1n) is 8.35. The Balaban J connectivity index is 1.87. The van der Waals surface area contributed by atoms with Crippen molar-refractivity contribution in [1.82, 2.24) is 19.9 Å². The van der Waals surface area contributed by atoms with Gasteiger partial charge in [-0.1, -0.05) is 0 Å². The molecule has 0 amide bonds. The third-order valence-electron chi connectivity index (χ3n) is 3.67. The number of thiophene rings is 1. The molecule has 0 aliphatic carbocycles. The van der Waals surface area contributed by atoms with Crippen molar-refractivity contribution in [3.8, 4) is 0 Å². The Labute approximate surface area is 164 Å².